The van der Waals surface area contributed by atoms with Crippen LogP contribution in [-0.2, 0) is 0 Å². The van der Waals surface area contributed by atoms with Crippen LogP contribution in [0.15, 0.2) is 41.8 Å². The van der Waals surface area contributed by atoms with E-state index in [1.165, 1.54) is 19.5 Å². The topological polar surface area (TPSA) is 0 Å². The zero-order valence-corrected chi connectivity index (χ0v) is 11.3. The van der Waals surface area contributed by atoms with E-state index in [9.17, 15) is 0 Å². The van der Waals surface area contributed by atoms with Crippen LogP contribution in [0.3, 0.4) is 0 Å². The fraction of sp³-hybridized carbons (Fsp3) is 0. The number of rotatable bonds is 2. The Morgan fingerprint density at radius 1 is 0.750 bits per heavy atom. The molecule has 0 bridgehead atoms. The van der Waals surface area contributed by atoms with Gasteiger partial charge < -0.3 is 0 Å². The quantitative estimate of drug-likeness (QED) is 0.552. The summed E-state index contributed by atoms with van der Waals surface area (Å²) in [7, 11) is 0. The molecule has 0 saturated heterocycles. The van der Waals surface area contributed by atoms with Gasteiger partial charge in [-0.05, 0) is 35.7 Å². The van der Waals surface area contributed by atoms with Crippen LogP contribution in [0, 0.1) is 0 Å². The van der Waals surface area contributed by atoms with Crippen LogP contribution in [0.5, 0.6) is 0 Å². The maximum absolute atomic E-state index is 5.94. The summed E-state index contributed by atoms with van der Waals surface area (Å²) in [6.45, 7) is 0. The molecule has 3 aromatic heterocycles. The average Bonchev–Trinajstić information content (AvgIpc) is 2.97. The third kappa shape index (κ3) is 1.96. The Morgan fingerprint density at radius 3 is 2.06 bits per heavy atom. The van der Waals surface area contributed by atoms with Crippen LogP contribution in [-0.4, -0.2) is 0 Å². The molecule has 0 spiro atoms. The molecule has 0 N–H and O–H groups in total. The van der Waals surface area contributed by atoms with Gasteiger partial charge in [0.05, 0.1) is 4.34 Å². The lowest BCUT2D eigenvalue weighted by Gasteiger charge is -1.89. The van der Waals surface area contributed by atoms with Crippen LogP contribution < -0.4 is 0 Å². The van der Waals surface area contributed by atoms with Crippen molar-refractivity contribution in [3.8, 4) is 19.5 Å². The van der Waals surface area contributed by atoms with Gasteiger partial charge in [0.2, 0.25) is 0 Å². The highest BCUT2D eigenvalue weighted by atomic mass is 35.5. The van der Waals surface area contributed by atoms with E-state index in [-0.39, 0.29) is 0 Å². The number of thiophene rings is 3. The van der Waals surface area contributed by atoms with Crippen molar-refractivity contribution in [1.82, 2.24) is 0 Å². The SMILES string of the molecule is Clc1ccc(-c2ccc(-c3cccs3)s2)s1. The first-order valence-corrected chi connectivity index (χ1v) is 7.61. The van der Waals surface area contributed by atoms with Gasteiger partial charge in [-0.1, -0.05) is 17.7 Å². The fourth-order valence-electron chi connectivity index (χ4n) is 1.47. The molecule has 0 aliphatic carbocycles. The molecule has 0 unspecified atom stereocenters. The van der Waals surface area contributed by atoms with Gasteiger partial charge in [-0.3, -0.25) is 0 Å². The molecular formula is C12H7ClS3. The Balaban J connectivity index is 2.00. The van der Waals surface area contributed by atoms with E-state index < -0.39 is 0 Å². The molecule has 0 nitrogen and oxygen atoms in total. The van der Waals surface area contributed by atoms with Crippen LogP contribution in [0.1, 0.15) is 0 Å². The van der Waals surface area contributed by atoms with Gasteiger partial charge in [-0.15, -0.1) is 34.0 Å². The monoisotopic (exact) mass is 282 g/mol. The maximum atomic E-state index is 5.94. The molecule has 3 heterocycles. The highest BCUT2D eigenvalue weighted by Gasteiger charge is 2.07. The zero-order valence-electron chi connectivity index (χ0n) is 8.14. The van der Waals surface area contributed by atoms with Crippen LogP contribution in [0.4, 0.5) is 0 Å². The van der Waals surface area contributed by atoms with Gasteiger partial charge in [-0.25, -0.2) is 0 Å². The summed E-state index contributed by atoms with van der Waals surface area (Å²) in [4.78, 5) is 5.20. The smallest absolute Gasteiger partial charge is 0.0935 e. The van der Waals surface area contributed by atoms with Gasteiger partial charge in [0.15, 0.2) is 0 Å². The highest BCUT2D eigenvalue weighted by molar-refractivity contribution is 7.27. The van der Waals surface area contributed by atoms with Crippen LogP contribution in [0.25, 0.3) is 19.5 Å². The Kier molecular flexibility index (Phi) is 2.86. The van der Waals surface area contributed by atoms with Crippen molar-refractivity contribution in [3.05, 3.63) is 46.1 Å². The van der Waals surface area contributed by atoms with E-state index in [2.05, 4.69) is 35.7 Å². The van der Waals surface area contributed by atoms with Crippen molar-refractivity contribution in [2.24, 2.45) is 0 Å². The van der Waals surface area contributed by atoms with Crippen molar-refractivity contribution in [1.29, 1.82) is 0 Å². The molecule has 0 radical (unpaired) electrons. The zero-order chi connectivity index (χ0) is 11.0. The van der Waals surface area contributed by atoms with Crippen LogP contribution in [0.2, 0.25) is 4.34 Å². The van der Waals surface area contributed by atoms with Crippen molar-refractivity contribution >= 4 is 45.6 Å². The molecular weight excluding hydrogens is 276 g/mol. The molecule has 4 heteroatoms. The number of hydrogen-bond acceptors (Lipinski definition) is 3. The van der Waals surface area contributed by atoms with Crippen molar-refractivity contribution in [2.45, 2.75) is 0 Å². The lowest BCUT2D eigenvalue weighted by molar-refractivity contribution is 1.91. The molecule has 0 aliphatic heterocycles. The van der Waals surface area contributed by atoms with Crippen molar-refractivity contribution < 1.29 is 0 Å². The fourth-order valence-corrected chi connectivity index (χ4v) is 4.44. The second kappa shape index (κ2) is 4.34. The minimum absolute atomic E-state index is 0.848. The highest BCUT2D eigenvalue weighted by Crippen LogP contribution is 2.39. The minimum Gasteiger partial charge on any atom is -0.143 e. The summed E-state index contributed by atoms with van der Waals surface area (Å²) in [5, 5.41) is 2.11. The first-order chi connectivity index (χ1) is 7.83. The van der Waals surface area contributed by atoms with E-state index in [0.717, 1.165) is 4.34 Å². The predicted octanol–water partition coefficient (Wildman–Crippen LogP) is 5.86. The minimum atomic E-state index is 0.848. The second-order valence-electron chi connectivity index (χ2n) is 3.24. The molecule has 0 saturated carbocycles. The first kappa shape index (κ1) is 10.5. The maximum Gasteiger partial charge on any atom is 0.0935 e. The summed E-state index contributed by atoms with van der Waals surface area (Å²) in [5.41, 5.74) is 0. The third-order valence-corrected chi connectivity index (χ3v) is 5.76. The largest absolute Gasteiger partial charge is 0.143 e. The molecule has 80 valence electrons. The first-order valence-electron chi connectivity index (χ1n) is 4.72. The van der Waals surface area contributed by atoms with E-state index in [0.29, 0.717) is 0 Å². The molecule has 16 heavy (non-hydrogen) atoms. The molecule has 0 fully saturated rings. The summed E-state index contributed by atoms with van der Waals surface area (Å²) in [6, 6.07) is 12.6. The lowest BCUT2D eigenvalue weighted by Crippen LogP contribution is -1.57. The summed E-state index contributed by atoms with van der Waals surface area (Å²) in [6.07, 6.45) is 0. The van der Waals surface area contributed by atoms with Gasteiger partial charge in [0.1, 0.15) is 0 Å². The predicted molar refractivity (Wildman–Crippen MR) is 76.0 cm³/mol. The second-order valence-corrected chi connectivity index (χ2v) is 6.99. The van der Waals surface area contributed by atoms with E-state index in [4.69, 9.17) is 11.6 Å². The standard InChI is InChI=1S/C12H7ClS3/c13-12-6-5-11(16-12)10-4-3-9(15-10)8-2-1-7-14-8/h1-7H. The molecule has 3 aromatic rings. The van der Waals surface area contributed by atoms with Crippen LogP contribution >= 0.6 is 45.6 Å². The Labute approximate surface area is 111 Å². The molecule has 0 aromatic carbocycles. The van der Waals surface area contributed by atoms with E-state index in [1.807, 2.05) is 17.4 Å². The average molecular weight is 283 g/mol. The summed E-state index contributed by atoms with van der Waals surface area (Å²) >= 11 is 11.2. The Hall–Kier alpha value is -0.610. The lowest BCUT2D eigenvalue weighted by atomic mass is 10.3. The number of halogens is 1. The van der Waals surface area contributed by atoms with Gasteiger partial charge in [0.25, 0.3) is 0 Å². The number of hydrogen-bond donors (Lipinski definition) is 0. The molecule has 0 aliphatic rings. The Morgan fingerprint density at radius 2 is 1.44 bits per heavy atom. The normalized spacial score (nSPS) is 10.8. The summed E-state index contributed by atoms with van der Waals surface area (Å²) in [5.74, 6) is 0. The van der Waals surface area contributed by atoms with Gasteiger partial charge >= 0.3 is 0 Å². The summed E-state index contributed by atoms with van der Waals surface area (Å²) < 4.78 is 0.848. The molecule has 0 atom stereocenters. The molecule has 3 rings (SSSR count). The van der Waals surface area contributed by atoms with Crippen molar-refractivity contribution in [2.75, 3.05) is 0 Å². The van der Waals surface area contributed by atoms with Gasteiger partial charge in [-0.2, -0.15) is 0 Å². The molecule has 0 amide bonds. The van der Waals surface area contributed by atoms with E-state index in [1.54, 1.807) is 22.7 Å². The third-order valence-electron chi connectivity index (χ3n) is 2.19. The van der Waals surface area contributed by atoms with Gasteiger partial charge in [0, 0.05) is 19.5 Å². The Bertz CT molecular complexity index is 589. The van der Waals surface area contributed by atoms with Crippen molar-refractivity contribution in [3.63, 3.8) is 0 Å². The van der Waals surface area contributed by atoms with E-state index >= 15 is 0 Å².